The number of hydrogen-bond donors (Lipinski definition) is 3. The minimum absolute atomic E-state index is 0.0265. The van der Waals surface area contributed by atoms with E-state index in [1.165, 1.54) is 12.8 Å². The summed E-state index contributed by atoms with van der Waals surface area (Å²) in [6.45, 7) is 0.535. The number of benzene rings is 1. The average Bonchev–Trinajstić information content (AvgIpc) is 2.48. The van der Waals surface area contributed by atoms with Gasteiger partial charge in [-0.05, 0) is 29.9 Å². The van der Waals surface area contributed by atoms with Crippen molar-refractivity contribution in [1.82, 2.24) is 5.32 Å². The van der Waals surface area contributed by atoms with E-state index in [0.29, 0.717) is 18.9 Å². The average molecular weight is 276 g/mol. The number of amides is 1. The van der Waals surface area contributed by atoms with E-state index in [1.54, 1.807) is 0 Å². The van der Waals surface area contributed by atoms with Crippen molar-refractivity contribution in [3.63, 3.8) is 0 Å². The van der Waals surface area contributed by atoms with Crippen molar-refractivity contribution in [2.24, 2.45) is 11.7 Å². The molecule has 1 aliphatic carbocycles. The van der Waals surface area contributed by atoms with Crippen LogP contribution in [-0.4, -0.2) is 17.1 Å². The number of aliphatic hydroxyl groups excluding tert-OH is 1. The normalized spacial score (nSPS) is 22.5. The lowest BCUT2D eigenvalue weighted by Gasteiger charge is -2.27. The third-order valence-corrected chi connectivity index (χ3v) is 4.08. The Morgan fingerprint density at radius 1 is 1.30 bits per heavy atom. The van der Waals surface area contributed by atoms with Crippen LogP contribution in [0.2, 0.25) is 0 Å². The summed E-state index contributed by atoms with van der Waals surface area (Å²) in [6.07, 6.45) is 5.00. The van der Waals surface area contributed by atoms with Crippen LogP contribution in [0.5, 0.6) is 0 Å². The first-order chi connectivity index (χ1) is 9.69. The summed E-state index contributed by atoms with van der Waals surface area (Å²) in [5, 5.41) is 12.0. The van der Waals surface area contributed by atoms with Gasteiger partial charge in [0.25, 0.3) is 0 Å². The second-order valence-corrected chi connectivity index (χ2v) is 5.67. The first-order valence-corrected chi connectivity index (χ1v) is 7.40. The van der Waals surface area contributed by atoms with E-state index in [-0.39, 0.29) is 18.6 Å². The van der Waals surface area contributed by atoms with E-state index in [9.17, 15) is 4.79 Å². The van der Waals surface area contributed by atoms with E-state index in [1.807, 2.05) is 24.3 Å². The van der Waals surface area contributed by atoms with Crippen LogP contribution >= 0.6 is 0 Å². The maximum Gasteiger partial charge on any atom is 0.220 e. The molecular formula is C16H24N2O2. The molecule has 1 amide bonds. The summed E-state index contributed by atoms with van der Waals surface area (Å²) in [6, 6.07) is 7.79. The zero-order valence-corrected chi connectivity index (χ0v) is 11.8. The van der Waals surface area contributed by atoms with Crippen LogP contribution in [0, 0.1) is 5.92 Å². The summed E-state index contributed by atoms with van der Waals surface area (Å²) in [5.74, 6) is 0.397. The van der Waals surface area contributed by atoms with Crippen molar-refractivity contribution in [2.45, 2.75) is 51.3 Å². The second kappa shape index (κ2) is 7.41. The third kappa shape index (κ3) is 4.32. The van der Waals surface area contributed by atoms with Crippen LogP contribution in [0.1, 0.15) is 43.2 Å². The van der Waals surface area contributed by atoms with Gasteiger partial charge in [0.2, 0.25) is 5.91 Å². The lowest BCUT2D eigenvalue weighted by Crippen LogP contribution is -2.37. The highest BCUT2D eigenvalue weighted by Gasteiger charge is 2.23. The lowest BCUT2D eigenvalue weighted by molar-refractivity contribution is -0.122. The molecule has 20 heavy (non-hydrogen) atoms. The predicted molar refractivity (Wildman–Crippen MR) is 78.8 cm³/mol. The molecule has 0 aromatic heterocycles. The van der Waals surface area contributed by atoms with Gasteiger partial charge in [-0.2, -0.15) is 0 Å². The van der Waals surface area contributed by atoms with Crippen molar-refractivity contribution in [2.75, 3.05) is 0 Å². The molecular weight excluding hydrogens is 252 g/mol. The number of aliphatic hydroxyl groups is 1. The molecule has 2 unspecified atom stereocenters. The molecule has 110 valence electrons. The molecule has 0 spiro atoms. The molecule has 0 saturated heterocycles. The molecule has 0 aliphatic heterocycles. The van der Waals surface area contributed by atoms with Gasteiger partial charge in [0.05, 0.1) is 6.61 Å². The minimum Gasteiger partial charge on any atom is -0.392 e. The first kappa shape index (κ1) is 15.0. The molecule has 0 radical (unpaired) electrons. The molecule has 2 rings (SSSR count). The van der Waals surface area contributed by atoms with E-state index in [2.05, 4.69) is 5.32 Å². The van der Waals surface area contributed by atoms with Crippen LogP contribution in [0.3, 0.4) is 0 Å². The van der Waals surface area contributed by atoms with Gasteiger partial charge >= 0.3 is 0 Å². The highest BCUT2D eigenvalue weighted by Crippen LogP contribution is 2.25. The highest BCUT2D eigenvalue weighted by molar-refractivity contribution is 5.76. The van der Waals surface area contributed by atoms with Crippen molar-refractivity contribution >= 4 is 5.91 Å². The molecule has 0 heterocycles. The fourth-order valence-corrected chi connectivity index (χ4v) is 2.84. The van der Waals surface area contributed by atoms with Crippen LogP contribution in [0.15, 0.2) is 24.3 Å². The molecule has 1 aliphatic rings. The monoisotopic (exact) mass is 276 g/mol. The van der Waals surface area contributed by atoms with Crippen molar-refractivity contribution in [3.8, 4) is 0 Å². The Hall–Kier alpha value is -1.39. The summed E-state index contributed by atoms with van der Waals surface area (Å²) < 4.78 is 0. The van der Waals surface area contributed by atoms with E-state index >= 15 is 0 Å². The van der Waals surface area contributed by atoms with Gasteiger partial charge in [-0.15, -0.1) is 0 Å². The largest absolute Gasteiger partial charge is 0.392 e. The maximum atomic E-state index is 12.0. The lowest BCUT2D eigenvalue weighted by atomic mass is 9.83. The van der Waals surface area contributed by atoms with Crippen LogP contribution in [0.4, 0.5) is 0 Å². The zero-order valence-electron chi connectivity index (χ0n) is 11.8. The molecule has 1 aromatic carbocycles. The number of carbonyl (C=O) groups is 1. The van der Waals surface area contributed by atoms with Gasteiger partial charge in [-0.3, -0.25) is 4.79 Å². The molecule has 2 atom stereocenters. The molecule has 1 saturated carbocycles. The zero-order chi connectivity index (χ0) is 14.4. The Labute approximate surface area is 120 Å². The maximum absolute atomic E-state index is 12.0. The number of nitrogens with two attached hydrogens (primary N) is 1. The van der Waals surface area contributed by atoms with Crippen molar-refractivity contribution in [3.05, 3.63) is 35.4 Å². The summed E-state index contributed by atoms with van der Waals surface area (Å²) in [7, 11) is 0. The summed E-state index contributed by atoms with van der Waals surface area (Å²) >= 11 is 0. The smallest absolute Gasteiger partial charge is 0.220 e. The molecule has 1 fully saturated rings. The van der Waals surface area contributed by atoms with E-state index in [4.69, 9.17) is 10.8 Å². The molecule has 1 aromatic rings. The number of carbonyl (C=O) groups excluding carboxylic acids is 1. The van der Waals surface area contributed by atoms with Gasteiger partial charge in [0.1, 0.15) is 0 Å². The summed E-state index contributed by atoms with van der Waals surface area (Å²) in [5.41, 5.74) is 7.94. The Morgan fingerprint density at radius 2 is 2.05 bits per heavy atom. The first-order valence-electron chi connectivity index (χ1n) is 7.40. The minimum atomic E-state index is 0.0265. The Morgan fingerprint density at radius 3 is 2.80 bits per heavy atom. The second-order valence-electron chi connectivity index (χ2n) is 5.67. The van der Waals surface area contributed by atoms with Crippen molar-refractivity contribution < 1.29 is 9.90 Å². The number of hydrogen-bond acceptors (Lipinski definition) is 3. The van der Waals surface area contributed by atoms with Crippen LogP contribution in [-0.2, 0) is 17.9 Å². The SMILES string of the molecule is NC1CCCCC1CC(=O)NCc1cccc(CO)c1. The van der Waals surface area contributed by atoms with Crippen LogP contribution in [0.25, 0.3) is 0 Å². The Bertz CT molecular complexity index is 448. The van der Waals surface area contributed by atoms with E-state index in [0.717, 1.165) is 24.0 Å². The number of nitrogens with one attached hydrogen (secondary N) is 1. The highest BCUT2D eigenvalue weighted by atomic mass is 16.3. The fraction of sp³-hybridized carbons (Fsp3) is 0.562. The molecule has 4 nitrogen and oxygen atoms in total. The Balaban J connectivity index is 1.79. The quantitative estimate of drug-likeness (QED) is 0.766. The molecule has 0 bridgehead atoms. The fourth-order valence-electron chi connectivity index (χ4n) is 2.84. The van der Waals surface area contributed by atoms with Gasteiger partial charge in [-0.1, -0.05) is 37.1 Å². The number of rotatable bonds is 5. The molecule has 4 N–H and O–H groups in total. The van der Waals surface area contributed by atoms with Gasteiger partial charge in [0.15, 0.2) is 0 Å². The topological polar surface area (TPSA) is 75.4 Å². The summed E-state index contributed by atoms with van der Waals surface area (Å²) in [4.78, 5) is 12.0. The van der Waals surface area contributed by atoms with Gasteiger partial charge in [-0.25, -0.2) is 0 Å². The van der Waals surface area contributed by atoms with Gasteiger partial charge in [0, 0.05) is 19.0 Å². The standard InChI is InChI=1S/C16H24N2O2/c17-15-7-2-1-6-14(15)9-16(20)18-10-12-4-3-5-13(8-12)11-19/h3-5,8,14-15,19H,1-2,6-7,9-11,17H2,(H,18,20). The van der Waals surface area contributed by atoms with Gasteiger partial charge < -0.3 is 16.2 Å². The van der Waals surface area contributed by atoms with Crippen molar-refractivity contribution in [1.29, 1.82) is 0 Å². The Kier molecular flexibility index (Phi) is 5.56. The predicted octanol–water partition coefficient (Wildman–Crippen LogP) is 1.70. The molecule has 4 heteroatoms. The van der Waals surface area contributed by atoms with E-state index < -0.39 is 0 Å². The third-order valence-electron chi connectivity index (χ3n) is 4.08. The van der Waals surface area contributed by atoms with Crippen LogP contribution < -0.4 is 11.1 Å².